The first-order chi connectivity index (χ1) is 8.06. The summed E-state index contributed by atoms with van der Waals surface area (Å²) < 4.78 is 0. The van der Waals surface area contributed by atoms with Crippen molar-refractivity contribution in [2.24, 2.45) is 5.92 Å². The van der Waals surface area contributed by atoms with Gasteiger partial charge < -0.3 is 5.32 Å². The molecule has 4 heteroatoms. The molecular weight excluding hydrogens is 216 g/mol. The summed E-state index contributed by atoms with van der Waals surface area (Å²) in [7, 11) is 0. The summed E-state index contributed by atoms with van der Waals surface area (Å²) in [4.78, 5) is 25.2. The molecule has 1 amide bonds. The first-order valence-corrected chi connectivity index (χ1v) is 6.58. The van der Waals surface area contributed by atoms with E-state index in [2.05, 4.69) is 10.2 Å². The van der Waals surface area contributed by atoms with Crippen LogP contribution in [0.3, 0.4) is 0 Å². The maximum absolute atomic E-state index is 11.8. The van der Waals surface area contributed by atoms with Crippen LogP contribution >= 0.6 is 0 Å². The van der Waals surface area contributed by atoms with Crippen molar-refractivity contribution in [1.29, 1.82) is 0 Å². The van der Waals surface area contributed by atoms with E-state index >= 15 is 0 Å². The highest BCUT2D eigenvalue weighted by molar-refractivity contribution is 5.81. The van der Waals surface area contributed by atoms with Gasteiger partial charge >= 0.3 is 0 Å². The molecule has 1 fully saturated rings. The normalized spacial score (nSPS) is 19.9. The Kier molecular flexibility index (Phi) is 5.62. The minimum atomic E-state index is -0.0746. The number of piperidine rings is 1. The van der Waals surface area contributed by atoms with Crippen molar-refractivity contribution >= 4 is 11.7 Å². The first-order valence-electron chi connectivity index (χ1n) is 6.58. The monoisotopic (exact) mass is 240 g/mol. The largest absolute Gasteiger partial charge is 0.355 e. The summed E-state index contributed by atoms with van der Waals surface area (Å²) in [5.41, 5.74) is 0. The van der Waals surface area contributed by atoms with E-state index in [0.717, 1.165) is 38.9 Å². The highest BCUT2D eigenvalue weighted by Gasteiger charge is 2.27. The van der Waals surface area contributed by atoms with Gasteiger partial charge in [0, 0.05) is 12.5 Å². The Morgan fingerprint density at radius 1 is 1.35 bits per heavy atom. The van der Waals surface area contributed by atoms with E-state index in [1.807, 2.05) is 13.8 Å². The van der Waals surface area contributed by atoms with Crippen LogP contribution in [0.1, 0.15) is 40.0 Å². The van der Waals surface area contributed by atoms with Crippen LogP contribution in [0.2, 0.25) is 0 Å². The zero-order chi connectivity index (χ0) is 12.8. The molecule has 0 aromatic heterocycles. The molecule has 1 aliphatic rings. The van der Waals surface area contributed by atoms with Crippen LogP contribution in [0, 0.1) is 5.92 Å². The third kappa shape index (κ3) is 4.11. The van der Waals surface area contributed by atoms with Crippen LogP contribution in [-0.4, -0.2) is 42.3 Å². The van der Waals surface area contributed by atoms with Crippen LogP contribution in [0.5, 0.6) is 0 Å². The lowest BCUT2D eigenvalue weighted by Gasteiger charge is -2.34. The number of Topliss-reactive ketones (excluding diaryl/α,β-unsaturated/α-hetero) is 1. The smallest absolute Gasteiger partial charge is 0.237 e. The van der Waals surface area contributed by atoms with Crippen LogP contribution in [-0.2, 0) is 9.59 Å². The highest BCUT2D eigenvalue weighted by atomic mass is 16.2. The van der Waals surface area contributed by atoms with Crippen LogP contribution in [0.15, 0.2) is 0 Å². The fourth-order valence-electron chi connectivity index (χ4n) is 2.26. The Balaban J connectivity index is 2.37. The van der Waals surface area contributed by atoms with E-state index in [1.54, 1.807) is 6.92 Å². The SMILES string of the molecule is CCCNC(=O)C(C)N1CCC(C(C)=O)CC1. The minimum Gasteiger partial charge on any atom is -0.355 e. The number of nitrogens with one attached hydrogen (secondary N) is 1. The molecule has 1 atom stereocenters. The van der Waals surface area contributed by atoms with E-state index in [0.29, 0.717) is 0 Å². The quantitative estimate of drug-likeness (QED) is 0.785. The van der Waals surface area contributed by atoms with Crippen molar-refractivity contribution in [1.82, 2.24) is 10.2 Å². The third-order valence-corrected chi connectivity index (χ3v) is 3.58. The summed E-state index contributed by atoms with van der Waals surface area (Å²) in [6.45, 7) is 8.10. The molecule has 1 saturated heterocycles. The molecule has 98 valence electrons. The number of likely N-dealkylation sites (tertiary alicyclic amines) is 1. The molecule has 1 N–H and O–H groups in total. The molecule has 0 spiro atoms. The predicted molar refractivity (Wildman–Crippen MR) is 67.7 cm³/mol. The lowest BCUT2D eigenvalue weighted by atomic mass is 9.92. The third-order valence-electron chi connectivity index (χ3n) is 3.58. The molecule has 0 aliphatic carbocycles. The maximum Gasteiger partial charge on any atom is 0.237 e. The second kappa shape index (κ2) is 6.74. The van der Waals surface area contributed by atoms with Gasteiger partial charge in [-0.15, -0.1) is 0 Å². The highest BCUT2D eigenvalue weighted by Crippen LogP contribution is 2.19. The van der Waals surface area contributed by atoms with Gasteiger partial charge in [0.05, 0.1) is 6.04 Å². The fourth-order valence-corrected chi connectivity index (χ4v) is 2.26. The average molecular weight is 240 g/mol. The maximum atomic E-state index is 11.8. The Labute approximate surface area is 104 Å². The standard InChI is InChI=1S/C13H24N2O2/c1-4-7-14-13(17)10(2)15-8-5-12(6-9-15)11(3)16/h10,12H,4-9H2,1-3H3,(H,14,17). The molecule has 1 unspecified atom stereocenters. The Bertz CT molecular complexity index is 271. The summed E-state index contributed by atoms with van der Waals surface area (Å²) in [5, 5.41) is 2.92. The topological polar surface area (TPSA) is 49.4 Å². The van der Waals surface area contributed by atoms with Gasteiger partial charge in [-0.25, -0.2) is 0 Å². The molecule has 0 aromatic carbocycles. The summed E-state index contributed by atoms with van der Waals surface area (Å²) >= 11 is 0. The van der Waals surface area contributed by atoms with E-state index in [1.165, 1.54) is 0 Å². The van der Waals surface area contributed by atoms with Gasteiger partial charge in [-0.05, 0) is 46.2 Å². The van der Waals surface area contributed by atoms with Crippen LogP contribution < -0.4 is 5.32 Å². The van der Waals surface area contributed by atoms with Gasteiger partial charge in [0.25, 0.3) is 0 Å². The molecule has 17 heavy (non-hydrogen) atoms. The summed E-state index contributed by atoms with van der Waals surface area (Å²) in [6, 6.07) is -0.0746. The molecule has 0 saturated carbocycles. The molecule has 4 nitrogen and oxygen atoms in total. The van der Waals surface area contributed by atoms with Crippen molar-refractivity contribution in [3.63, 3.8) is 0 Å². The Hall–Kier alpha value is -0.900. The minimum absolute atomic E-state index is 0.0746. The van der Waals surface area contributed by atoms with Gasteiger partial charge in [0.2, 0.25) is 5.91 Å². The van der Waals surface area contributed by atoms with Crippen molar-refractivity contribution < 1.29 is 9.59 Å². The van der Waals surface area contributed by atoms with Crippen molar-refractivity contribution in [3.05, 3.63) is 0 Å². The Morgan fingerprint density at radius 2 is 1.94 bits per heavy atom. The zero-order valence-corrected chi connectivity index (χ0v) is 11.2. The molecule has 0 bridgehead atoms. The molecule has 1 rings (SSSR count). The number of carbonyl (C=O) groups excluding carboxylic acids is 2. The lowest BCUT2D eigenvalue weighted by molar-refractivity contribution is -0.127. The number of nitrogens with zero attached hydrogens (tertiary/aromatic N) is 1. The average Bonchev–Trinajstić information content (AvgIpc) is 2.35. The van der Waals surface area contributed by atoms with E-state index in [4.69, 9.17) is 0 Å². The second-order valence-corrected chi connectivity index (χ2v) is 4.89. The van der Waals surface area contributed by atoms with Crippen LogP contribution in [0.4, 0.5) is 0 Å². The molecular formula is C13H24N2O2. The molecule has 1 heterocycles. The number of hydrogen-bond donors (Lipinski definition) is 1. The van der Waals surface area contributed by atoms with Crippen molar-refractivity contribution in [2.75, 3.05) is 19.6 Å². The molecule has 1 aliphatic heterocycles. The van der Waals surface area contributed by atoms with E-state index in [-0.39, 0.29) is 23.7 Å². The van der Waals surface area contributed by atoms with Gasteiger partial charge in [-0.1, -0.05) is 6.92 Å². The van der Waals surface area contributed by atoms with Gasteiger partial charge in [0.15, 0.2) is 0 Å². The summed E-state index contributed by atoms with van der Waals surface area (Å²) in [5.74, 6) is 0.595. The number of amides is 1. The predicted octanol–water partition coefficient (Wildman–Crippen LogP) is 1.20. The van der Waals surface area contributed by atoms with E-state index < -0.39 is 0 Å². The zero-order valence-electron chi connectivity index (χ0n) is 11.2. The number of hydrogen-bond acceptors (Lipinski definition) is 3. The van der Waals surface area contributed by atoms with Crippen molar-refractivity contribution in [3.8, 4) is 0 Å². The van der Waals surface area contributed by atoms with Gasteiger partial charge in [-0.3, -0.25) is 14.5 Å². The summed E-state index contributed by atoms with van der Waals surface area (Å²) in [6.07, 6.45) is 2.74. The number of carbonyl (C=O) groups is 2. The van der Waals surface area contributed by atoms with Gasteiger partial charge in [-0.2, -0.15) is 0 Å². The fraction of sp³-hybridized carbons (Fsp3) is 0.846. The van der Waals surface area contributed by atoms with E-state index in [9.17, 15) is 9.59 Å². The molecule has 0 aromatic rings. The lowest BCUT2D eigenvalue weighted by Crippen LogP contribution is -2.48. The second-order valence-electron chi connectivity index (χ2n) is 4.89. The Morgan fingerprint density at radius 3 is 2.41 bits per heavy atom. The first kappa shape index (κ1) is 14.2. The number of ketones is 1. The molecule has 0 radical (unpaired) electrons. The van der Waals surface area contributed by atoms with Gasteiger partial charge in [0.1, 0.15) is 5.78 Å². The van der Waals surface area contributed by atoms with Crippen LogP contribution in [0.25, 0.3) is 0 Å². The number of rotatable bonds is 5. The van der Waals surface area contributed by atoms with Crippen molar-refractivity contribution in [2.45, 2.75) is 46.1 Å².